The monoisotopic (exact) mass is 408 g/mol. The lowest BCUT2D eigenvalue weighted by Gasteiger charge is -1.99. The number of methoxy groups -OCH3 is 1. The molecule has 0 fully saturated rings. The van der Waals surface area contributed by atoms with Crippen LogP contribution in [0.2, 0.25) is 5.02 Å². The number of ether oxygens (including phenoxy) is 1. The normalized spacial score (nSPS) is 11.2. The van der Waals surface area contributed by atoms with Crippen molar-refractivity contribution < 1.29 is 4.74 Å². The number of nitrogens with one attached hydrogen (secondary N) is 1. The zero-order chi connectivity index (χ0) is 19.1. The van der Waals surface area contributed by atoms with Gasteiger partial charge in [-0.15, -0.1) is 10.2 Å². The van der Waals surface area contributed by atoms with Crippen LogP contribution in [0.1, 0.15) is 0 Å². The molecule has 1 N–H and O–H groups in total. The number of H-pyrrole nitrogens is 1. The minimum Gasteiger partial charge on any atom is -0.497 e. The van der Waals surface area contributed by atoms with Crippen LogP contribution in [0.15, 0.2) is 54.6 Å². The standard InChI is InChI=1S/C19H13ClN6OS/c1-27-14-7-5-11(6-8-14)15-10-16(22-21-15)18-25-26-17(23-24-19(26)28-18)12-3-2-4-13(20)9-12/h2-10H,1H3,(H,21,22). The third-order valence-corrected chi connectivity index (χ3v) is 5.43. The highest BCUT2D eigenvalue weighted by Crippen LogP contribution is 2.30. The molecule has 0 radical (unpaired) electrons. The van der Waals surface area contributed by atoms with E-state index in [-0.39, 0.29) is 0 Å². The van der Waals surface area contributed by atoms with Crippen LogP contribution in [0.5, 0.6) is 5.75 Å². The van der Waals surface area contributed by atoms with E-state index in [1.54, 1.807) is 11.6 Å². The van der Waals surface area contributed by atoms with Crippen molar-refractivity contribution in [1.82, 2.24) is 30.0 Å². The van der Waals surface area contributed by atoms with Crippen LogP contribution < -0.4 is 4.74 Å². The third kappa shape index (κ3) is 2.92. The van der Waals surface area contributed by atoms with E-state index in [1.165, 1.54) is 11.3 Å². The highest BCUT2D eigenvalue weighted by atomic mass is 35.5. The molecule has 7 nitrogen and oxygen atoms in total. The molecular formula is C19H13ClN6OS. The molecule has 5 rings (SSSR count). The number of nitrogens with zero attached hydrogens (tertiary/aromatic N) is 5. The van der Waals surface area contributed by atoms with Crippen LogP contribution >= 0.6 is 22.9 Å². The molecule has 0 spiro atoms. The predicted octanol–water partition coefficient (Wildman–Crippen LogP) is 4.57. The van der Waals surface area contributed by atoms with E-state index in [9.17, 15) is 0 Å². The lowest BCUT2D eigenvalue weighted by molar-refractivity contribution is 0.415. The molecular weight excluding hydrogens is 396 g/mol. The molecule has 0 saturated carbocycles. The van der Waals surface area contributed by atoms with Crippen molar-refractivity contribution >= 4 is 27.9 Å². The average molecular weight is 409 g/mol. The van der Waals surface area contributed by atoms with Gasteiger partial charge in [0.2, 0.25) is 4.96 Å². The van der Waals surface area contributed by atoms with Gasteiger partial charge in [0.05, 0.1) is 18.5 Å². The molecule has 0 aliphatic rings. The maximum atomic E-state index is 6.10. The molecule has 0 atom stereocenters. The number of rotatable bonds is 4. The zero-order valence-corrected chi connectivity index (χ0v) is 16.2. The summed E-state index contributed by atoms with van der Waals surface area (Å²) >= 11 is 7.54. The first-order valence-electron chi connectivity index (χ1n) is 8.39. The number of benzene rings is 2. The molecule has 9 heteroatoms. The van der Waals surface area contributed by atoms with E-state index in [4.69, 9.17) is 16.3 Å². The second-order valence-corrected chi connectivity index (χ2v) is 7.42. The highest BCUT2D eigenvalue weighted by Gasteiger charge is 2.16. The van der Waals surface area contributed by atoms with Gasteiger partial charge in [-0.05, 0) is 42.5 Å². The summed E-state index contributed by atoms with van der Waals surface area (Å²) in [5, 5.41) is 22.0. The summed E-state index contributed by atoms with van der Waals surface area (Å²) in [6.07, 6.45) is 0. The summed E-state index contributed by atoms with van der Waals surface area (Å²) in [4.78, 5) is 0.700. The van der Waals surface area contributed by atoms with Crippen LogP contribution in [-0.4, -0.2) is 37.1 Å². The Morgan fingerprint density at radius 2 is 1.89 bits per heavy atom. The fourth-order valence-electron chi connectivity index (χ4n) is 2.87. The van der Waals surface area contributed by atoms with Crippen molar-refractivity contribution in [2.75, 3.05) is 7.11 Å². The Hall–Kier alpha value is -3.23. The van der Waals surface area contributed by atoms with Crippen molar-refractivity contribution in [3.05, 3.63) is 59.6 Å². The van der Waals surface area contributed by atoms with Crippen molar-refractivity contribution in [3.8, 4) is 39.1 Å². The molecule has 2 aromatic carbocycles. The number of hydrogen-bond acceptors (Lipinski definition) is 6. The molecule has 3 heterocycles. The summed E-state index contributed by atoms with van der Waals surface area (Å²) in [5.74, 6) is 1.46. The van der Waals surface area contributed by atoms with Crippen LogP contribution in [0.4, 0.5) is 0 Å². The quantitative estimate of drug-likeness (QED) is 0.471. The molecule has 5 aromatic rings. The van der Waals surface area contributed by atoms with E-state index in [0.717, 1.165) is 33.3 Å². The molecule has 138 valence electrons. The van der Waals surface area contributed by atoms with Gasteiger partial charge in [-0.2, -0.15) is 14.7 Å². The molecule has 0 amide bonds. The Morgan fingerprint density at radius 1 is 1.04 bits per heavy atom. The van der Waals surface area contributed by atoms with E-state index in [1.807, 2.05) is 54.6 Å². The number of hydrogen-bond donors (Lipinski definition) is 1. The van der Waals surface area contributed by atoms with Gasteiger partial charge in [-0.1, -0.05) is 35.1 Å². The van der Waals surface area contributed by atoms with Crippen molar-refractivity contribution in [3.63, 3.8) is 0 Å². The van der Waals surface area contributed by atoms with Gasteiger partial charge in [0.25, 0.3) is 0 Å². The lowest BCUT2D eigenvalue weighted by Crippen LogP contribution is -1.91. The number of halogens is 1. The van der Waals surface area contributed by atoms with Gasteiger partial charge in [0, 0.05) is 16.1 Å². The van der Waals surface area contributed by atoms with Crippen molar-refractivity contribution in [1.29, 1.82) is 0 Å². The molecule has 0 aliphatic heterocycles. The molecule has 0 saturated heterocycles. The number of aromatic nitrogens is 6. The van der Waals surface area contributed by atoms with Gasteiger partial charge in [0.1, 0.15) is 5.75 Å². The van der Waals surface area contributed by atoms with Gasteiger partial charge in [0.15, 0.2) is 10.8 Å². The Kier molecular flexibility index (Phi) is 4.07. The largest absolute Gasteiger partial charge is 0.497 e. The van der Waals surface area contributed by atoms with Crippen LogP contribution in [0.3, 0.4) is 0 Å². The fourth-order valence-corrected chi connectivity index (χ4v) is 3.87. The third-order valence-electron chi connectivity index (χ3n) is 4.27. The van der Waals surface area contributed by atoms with Gasteiger partial charge in [-0.3, -0.25) is 5.10 Å². The smallest absolute Gasteiger partial charge is 0.235 e. The van der Waals surface area contributed by atoms with Crippen LogP contribution in [0.25, 0.3) is 38.3 Å². The average Bonchev–Trinajstić information content (AvgIpc) is 3.43. The second-order valence-electron chi connectivity index (χ2n) is 6.03. The summed E-state index contributed by atoms with van der Waals surface area (Å²) in [7, 11) is 1.65. The SMILES string of the molecule is COc1ccc(-c2cc(-c3nn4c(-c5cccc(Cl)c5)nnc4s3)[nH]n2)cc1. The van der Waals surface area contributed by atoms with Crippen molar-refractivity contribution in [2.24, 2.45) is 0 Å². The molecule has 0 aliphatic carbocycles. The Bertz CT molecular complexity index is 1270. The lowest BCUT2D eigenvalue weighted by atomic mass is 10.1. The molecule has 0 bridgehead atoms. The van der Waals surface area contributed by atoms with E-state index in [2.05, 4.69) is 25.5 Å². The maximum Gasteiger partial charge on any atom is 0.235 e. The van der Waals surface area contributed by atoms with Gasteiger partial charge < -0.3 is 4.74 Å². The Balaban J connectivity index is 1.51. The fraction of sp³-hybridized carbons (Fsp3) is 0.0526. The summed E-state index contributed by atoms with van der Waals surface area (Å²) in [6.45, 7) is 0. The number of aromatic amines is 1. The summed E-state index contributed by atoms with van der Waals surface area (Å²) in [5.41, 5.74) is 3.50. The summed E-state index contributed by atoms with van der Waals surface area (Å²) in [6, 6.07) is 17.2. The minimum absolute atomic E-state index is 0.641. The van der Waals surface area contributed by atoms with Crippen LogP contribution in [-0.2, 0) is 0 Å². The maximum absolute atomic E-state index is 6.10. The number of fused-ring (bicyclic) bond motifs is 1. The Morgan fingerprint density at radius 3 is 2.68 bits per heavy atom. The first kappa shape index (κ1) is 16.9. The Labute approximate surface area is 168 Å². The van der Waals surface area contributed by atoms with Crippen molar-refractivity contribution in [2.45, 2.75) is 0 Å². The van der Waals surface area contributed by atoms with E-state index >= 15 is 0 Å². The topological polar surface area (TPSA) is 81.0 Å². The van der Waals surface area contributed by atoms with Crippen LogP contribution in [0, 0.1) is 0 Å². The molecule has 0 unspecified atom stereocenters. The second kappa shape index (κ2) is 6.74. The van der Waals surface area contributed by atoms with Gasteiger partial charge >= 0.3 is 0 Å². The minimum atomic E-state index is 0.641. The first-order valence-corrected chi connectivity index (χ1v) is 9.59. The van der Waals surface area contributed by atoms with Gasteiger partial charge in [-0.25, -0.2) is 0 Å². The predicted molar refractivity (Wildman–Crippen MR) is 109 cm³/mol. The molecule has 28 heavy (non-hydrogen) atoms. The van der Waals surface area contributed by atoms with E-state index < -0.39 is 0 Å². The first-order chi connectivity index (χ1) is 13.7. The molecule has 3 aromatic heterocycles. The zero-order valence-electron chi connectivity index (χ0n) is 14.6. The summed E-state index contributed by atoms with van der Waals surface area (Å²) < 4.78 is 6.92. The van der Waals surface area contributed by atoms with E-state index in [0.29, 0.717) is 15.8 Å². The highest BCUT2D eigenvalue weighted by molar-refractivity contribution is 7.19.